The van der Waals surface area contributed by atoms with Crippen molar-refractivity contribution in [2.45, 2.75) is 32.5 Å². The minimum atomic E-state index is -4.38. The van der Waals surface area contributed by atoms with Gasteiger partial charge in [0.15, 0.2) is 0 Å². The molecule has 1 aromatic heterocycles. The van der Waals surface area contributed by atoms with E-state index in [4.69, 9.17) is 0 Å². The Kier molecular flexibility index (Phi) is 3.55. The van der Waals surface area contributed by atoms with Crippen molar-refractivity contribution in [3.63, 3.8) is 0 Å². The molecule has 2 nitrogen and oxygen atoms in total. The third-order valence-electron chi connectivity index (χ3n) is 2.05. The number of pyridine rings is 1. The second-order valence-corrected chi connectivity index (χ2v) is 3.36. The Morgan fingerprint density at radius 1 is 1.40 bits per heavy atom. The summed E-state index contributed by atoms with van der Waals surface area (Å²) in [4.78, 5) is 3.50. The van der Waals surface area contributed by atoms with E-state index in [-0.39, 0.29) is 11.9 Å². The molecule has 0 aliphatic heterocycles. The van der Waals surface area contributed by atoms with Gasteiger partial charge in [0.1, 0.15) is 11.5 Å². The first-order valence-electron chi connectivity index (χ1n) is 4.74. The zero-order chi connectivity index (χ0) is 11.5. The van der Waals surface area contributed by atoms with Crippen LogP contribution in [-0.2, 0) is 6.18 Å². The zero-order valence-corrected chi connectivity index (χ0v) is 8.60. The van der Waals surface area contributed by atoms with Gasteiger partial charge in [-0.1, -0.05) is 13.0 Å². The first kappa shape index (κ1) is 11.8. The van der Waals surface area contributed by atoms with E-state index in [9.17, 15) is 13.2 Å². The molecule has 1 heterocycles. The van der Waals surface area contributed by atoms with E-state index in [0.717, 1.165) is 12.5 Å². The van der Waals surface area contributed by atoms with Gasteiger partial charge < -0.3 is 5.32 Å². The molecule has 0 bridgehead atoms. The van der Waals surface area contributed by atoms with Crippen LogP contribution in [0.15, 0.2) is 18.2 Å². The van der Waals surface area contributed by atoms with E-state index in [2.05, 4.69) is 10.3 Å². The van der Waals surface area contributed by atoms with Crippen molar-refractivity contribution >= 4 is 5.82 Å². The number of alkyl halides is 3. The molecule has 0 spiro atoms. The molecule has 1 aromatic rings. The van der Waals surface area contributed by atoms with Crippen LogP contribution < -0.4 is 5.32 Å². The molecule has 0 saturated heterocycles. The normalized spacial score (nSPS) is 13.7. The van der Waals surface area contributed by atoms with Gasteiger partial charge in [0.05, 0.1) is 0 Å². The van der Waals surface area contributed by atoms with Crippen molar-refractivity contribution < 1.29 is 13.2 Å². The van der Waals surface area contributed by atoms with E-state index in [1.165, 1.54) is 12.1 Å². The second-order valence-electron chi connectivity index (χ2n) is 3.36. The van der Waals surface area contributed by atoms with Gasteiger partial charge in [0.25, 0.3) is 0 Å². The predicted molar refractivity (Wildman–Crippen MR) is 52.6 cm³/mol. The fourth-order valence-electron chi connectivity index (χ4n) is 1.03. The molecular formula is C10H13F3N2. The summed E-state index contributed by atoms with van der Waals surface area (Å²) in [5, 5.41) is 2.89. The Labute approximate surface area is 86.5 Å². The van der Waals surface area contributed by atoms with Crippen LogP contribution in [-0.4, -0.2) is 11.0 Å². The van der Waals surface area contributed by atoms with Gasteiger partial charge in [-0.25, -0.2) is 4.98 Å². The fraction of sp³-hybridized carbons (Fsp3) is 0.500. The van der Waals surface area contributed by atoms with Crippen molar-refractivity contribution in [1.29, 1.82) is 0 Å². The molecule has 0 aromatic carbocycles. The van der Waals surface area contributed by atoms with E-state index >= 15 is 0 Å². The molecule has 0 fully saturated rings. The Bertz CT molecular complexity index is 323. The van der Waals surface area contributed by atoms with Crippen LogP contribution in [0.1, 0.15) is 26.0 Å². The largest absolute Gasteiger partial charge is 0.433 e. The molecule has 0 saturated carbocycles. The second kappa shape index (κ2) is 4.51. The summed E-state index contributed by atoms with van der Waals surface area (Å²) in [6.07, 6.45) is -3.55. The van der Waals surface area contributed by atoms with Gasteiger partial charge in [-0.05, 0) is 25.5 Å². The lowest BCUT2D eigenvalue weighted by Gasteiger charge is -2.13. The molecule has 0 aliphatic rings. The highest BCUT2D eigenvalue weighted by atomic mass is 19.4. The predicted octanol–water partition coefficient (Wildman–Crippen LogP) is 3.31. The number of hydrogen-bond acceptors (Lipinski definition) is 2. The van der Waals surface area contributed by atoms with Crippen molar-refractivity contribution in [3.8, 4) is 0 Å². The number of aromatic nitrogens is 1. The van der Waals surface area contributed by atoms with Crippen LogP contribution in [0.4, 0.5) is 19.0 Å². The van der Waals surface area contributed by atoms with Crippen LogP contribution in [0, 0.1) is 0 Å². The van der Waals surface area contributed by atoms with Crippen molar-refractivity contribution in [2.75, 3.05) is 5.32 Å². The Morgan fingerprint density at radius 2 is 2.07 bits per heavy atom. The van der Waals surface area contributed by atoms with E-state index in [1.807, 2.05) is 13.8 Å². The van der Waals surface area contributed by atoms with Crippen LogP contribution >= 0.6 is 0 Å². The molecule has 0 aliphatic carbocycles. The van der Waals surface area contributed by atoms with Gasteiger partial charge in [-0.3, -0.25) is 0 Å². The minimum Gasteiger partial charge on any atom is -0.368 e. The molecule has 0 amide bonds. The summed E-state index contributed by atoms with van der Waals surface area (Å²) in [6, 6.07) is 3.95. The molecule has 15 heavy (non-hydrogen) atoms. The van der Waals surface area contributed by atoms with Gasteiger partial charge in [0.2, 0.25) is 0 Å². The maximum absolute atomic E-state index is 12.3. The molecule has 1 atom stereocenters. The van der Waals surface area contributed by atoms with E-state index < -0.39 is 11.9 Å². The smallest absolute Gasteiger partial charge is 0.368 e. The maximum Gasteiger partial charge on any atom is 0.433 e. The van der Waals surface area contributed by atoms with Crippen LogP contribution in [0.3, 0.4) is 0 Å². The van der Waals surface area contributed by atoms with Crippen LogP contribution in [0.5, 0.6) is 0 Å². The average Bonchev–Trinajstić information content (AvgIpc) is 2.17. The monoisotopic (exact) mass is 218 g/mol. The maximum atomic E-state index is 12.3. The van der Waals surface area contributed by atoms with E-state index in [0.29, 0.717) is 0 Å². The third-order valence-corrected chi connectivity index (χ3v) is 2.05. The fourth-order valence-corrected chi connectivity index (χ4v) is 1.03. The van der Waals surface area contributed by atoms with Gasteiger partial charge in [-0.15, -0.1) is 0 Å². The summed E-state index contributed by atoms with van der Waals surface area (Å²) in [6.45, 7) is 3.84. The van der Waals surface area contributed by atoms with Gasteiger partial charge in [0, 0.05) is 6.04 Å². The molecule has 1 N–H and O–H groups in total. The standard InChI is InChI=1S/C10H13F3N2/c1-3-7(2)14-9-6-4-5-8(15-9)10(11,12)13/h4-7H,3H2,1-2H3,(H,14,15). The summed E-state index contributed by atoms with van der Waals surface area (Å²) in [7, 11) is 0. The molecule has 1 unspecified atom stereocenters. The highest BCUT2D eigenvalue weighted by molar-refractivity contribution is 5.36. The SMILES string of the molecule is CCC(C)Nc1cccc(C(F)(F)F)n1. The first-order chi connectivity index (χ1) is 6.93. The minimum absolute atomic E-state index is 0.112. The number of halogens is 3. The number of anilines is 1. The summed E-state index contributed by atoms with van der Waals surface area (Å²) < 4.78 is 36.9. The lowest BCUT2D eigenvalue weighted by atomic mass is 10.2. The Morgan fingerprint density at radius 3 is 2.60 bits per heavy atom. The summed E-state index contributed by atoms with van der Waals surface area (Å²) in [5.74, 6) is 0.263. The van der Waals surface area contributed by atoms with Crippen molar-refractivity contribution in [3.05, 3.63) is 23.9 Å². The van der Waals surface area contributed by atoms with Crippen molar-refractivity contribution in [2.24, 2.45) is 0 Å². The number of nitrogens with one attached hydrogen (secondary N) is 1. The lowest BCUT2D eigenvalue weighted by molar-refractivity contribution is -0.141. The Balaban J connectivity index is 2.84. The highest BCUT2D eigenvalue weighted by Crippen LogP contribution is 2.28. The summed E-state index contributed by atoms with van der Waals surface area (Å²) in [5.41, 5.74) is -0.865. The lowest BCUT2D eigenvalue weighted by Crippen LogP contribution is -2.16. The number of hydrogen-bond donors (Lipinski definition) is 1. The summed E-state index contributed by atoms with van der Waals surface area (Å²) >= 11 is 0. The molecule has 5 heteroatoms. The Hall–Kier alpha value is -1.26. The third kappa shape index (κ3) is 3.42. The van der Waals surface area contributed by atoms with Gasteiger partial charge in [-0.2, -0.15) is 13.2 Å². The molecular weight excluding hydrogens is 205 g/mol. The molecule has 1 rings (SSSR count). The number of rotatable bonds is 3. The molecule has 0 radical (unpaired) electrons. The molecule has 84 valence electrons. The number of nitrogens with zero attached hydrogens (tertiary/aromatic N) is 1. The van der Waals surface area contributed by atoms with Crippen LogP contribution in [0.25, 0.3) is 0 Å². The van der Waals surface area contributed by atoms with E-state index in [1.54, 1.807) is 0 Å². The average molecular weight is 218 g/mol. The quantitative estimate of drug-likeness (QED) is 0.841. The zero-order valence-electron chi connectivity index (χ0n) is 8.60. The highest BCUT2D eigenvalue weighted by Gasteiger charge is 2.32. The topological polar surface area (TPSA) is 24.9 Å². The van der Waals surface area contributed by atoms with Crippen LogP contribution in [0.2, 0.25) is 0 Å². The van der Waals surface area contributed by atoms with Gasteiger partial charge >= 0.3 is 6.18 Å². The first-order valence-corrected chi connectivity index (χ1v) is 4.74. The van der Waals surface area contributed by atoms with Crippen molar-refractivity contribution in [1.82, 2.24) is 4.98 Å².